The van der Waals surface area contributed by atoms with Crippen molar-refractivity contribution in [1.29, 1.82) is 0 Å². The van der Waals surface area contributed by atoms with E-state index < -0.39 is 21.5 Å². The van der Waals surface area contributed by atoms with Crippen LogP contribution in [0.1, 0.15) is 20.8 Å². The van der Waals surface area contributed by atoms with Crippen molar-refractivity contribution in [2.45, 2.75) is 36.2 Å². The highest BCUT2D eigenvalue weighted by atomic mass is 32.2. The summed E-state index contributed by atoms with van der Waals surface area (Å²) in [5.74, 6) is 0. The Balaban J connectivity index is 2.18. The van der Waals surface area contributed by atoms with Gasteiger partial charge in [-0.2, -0.15) is 0 Å². The molecule has 0 bridgehead atoms. The molecule has 7 heteroatoms. The first-order chi connectivity index (χ1) is 11.6. The number of anilines is 1. The summed E-state index contributed by atoms with van der Waals surface area (Å²) in [5, 5.41) is 2.54. The molecule has 25 heavy (non-hydrogen) atoms. The molecule has 0 atom stereocenters. The highest BCUT2D eigenvalue weighted by Gasteiger charge is 2.19. The van der Waals surface area contributed by atoms with Gasteiger partial charge in [-0.05, 0) is 45.0 Å². The minimum atomic E-state index is -3.68. The molecule has 0 aliphatic rings. The van der Waals surface area contributed by atoms with Gasteiger partial charge in [-0.3, -0.25) is 5.32 Å². The summed E-state index contributed by atoms with van der Waals surface area (Å²) in [7, 11) is -3.68. The van der Waals surface area contributed by atoms with Gasteiger partial charge in [0.1, 0.15) is 5.60 Å². The lowest BCUT2D eigenvalue weighted by molar-refractivity contribution is 0.0636. The van der Waals surface area contributed by atoms with Gasteiger partial charge in [-0.25, -0.2) is 18.1 Å². The summed E-state index contributed by atoms with van der Waals surface area (Å²) in [5.41, 5.74) is 0.178. The lowest BCUT2D eigenvalue weighted by Gasteiger charge is -2.19. The number of carbonyl (C=O) groups excluding carboxylic acids is 1. The molecule has 130 valence electrons. The average Bonchev–Trinajstić information content (AvgIpc) is 2.53. The van der Waals surface area contributed by atoms with Crippen molar-refractivity contribution in [3.8, 4) is 0 Å². The number of nitrogens with zero attached hydrogens (tertiary/aromatic N) is 1. The summed E-state index contributed by atoms with van der Waals surface area (Å²) < 4.78 is 30.3. The van der Waals surface area contributed by atoms with Crippen LogP contribution in [0.25, 0.3) is 4.85 Å². The maximum Gasteiger partial charge on any atom is 0.412 e. The van der Waals surface area contributed by atoms with Crippen LogP contribution in [0.3, 0.4) is 0 Å². The molecule has 0 aliphatic heterocycles. The van der Waals surface area contributed by atoms with E-state index in [0.29, 0.717) is 11.4 Å². The minimum Gasteiger partial charge on any atom is -0.444 e. The number of hydrogen-bond donors (Lipinski definition) is 1. The zero-order chi connectivity index (χ0) is 18.7. The SMILES string of the molecule is [C-]#[N+]c1ccc(S(=O)(=O)c2ccc(NC(=O)OC(C)(C)C)cc2)cc1. The van der Waals surface area contributed by atoms with Crippen LogP contribution in [-0.4, -0.2) is 20.1 Å². The summed E-state index contributed by atoms with van der Waals surface area (Å²) in [6.07, 6.45) is -0.613. The van der Waals surface area contributed by atoms with Crippen molar-refractivity contribution in [1.82, 2.24) is 0 Å². The Hall–Kier alpha value is -2.85. The van der Waals surface area contributed by atoms with Gasteiger partial charge in [-0.15, -0.1) is 0 Å². The highest BCUT2D eigenvalue weighted by Crippen LogP contribution is 2.24. The van der Waals surface area contributed by atoms with Crippen molar-refractivity contribution in [2.24, 2.45) is 0 Å². The third kappa shape index (κ3) is 4.81. The molecule has 2 aromatic rings. The number of ether oxygens (including phenoxy) is 1. The number of nitrogens with one attached hydrogen (secondary N) is 1. The molecule has 1 amide bonds. The second-order valence-electron chi connectivity index (χ2n) is 6.26. The number of hydrogen-bond acceptors (Lipinski definition) is 4. The zero-order valence-electron chi connectivity index (χ0n) is 14.1. The quantitative estimate of drug-likeness (QED) is 0.824. The maximum atomic E-state index is 12.6. The normalized spacial score (nSPS) is 11.4. The Morgan fingerprint density at radius 2 is 1.48 bits per heavy atom. The predicted molar refractivity (Wildman–Crippen MR) is 94.5 cm³/mol. The van der Waals surface area contributed by atoms with Crippen molar-refractivity contribution < 1.29 is 17.9 Å². The van der Waals surface area contributed by atoms with Crippen molar-refractivity contribution in [3.05, 3.63) is 59.9 Å². The molecule has 1 N–H and O–H groups in total. The van der Waals surface area contributed by atoms with Crippen molar-refractivity contribution in [3.63, 3.8) is 0 Å². The van der Waals surface area contributed by atoms with E-state index >= 15 is 0 Å². The van der Waals surface area contributed by atoms with Crippen LogP contribution in [-0.2, 0) is 14.6 Å². The second-order valence-corrected chi connectivity index (χ2v) is 8.21. The zero-order valence-corrected chi connectivity index (χ0v) is 14.9. The summed E-state index contributed by atoms with van der Waals surface area (Å²) in [6.45, 7) is 12.2. The molecule has 2 rings (SSSR count). The van der Waals surface area contributed by atoms with Crippen LogP contribution < -0.4 is 5.32 Å². The molecule has 6 nitrogen and oxygen atoms in total. The average molecular weight is 358 g/mol. The predicted octanol–water partition coefficient (Wildman–Crippen LogP) is 4.42. The molecule has 0 spiro atoms. The minimum absolute atomic E-state index is 0.0952. The fraction of sp³-hybridized carbons (Fsp3) is 0.222. The van der Waals surface area contributed by atoms with Crippen LogP contribution in [0.5, 0.6) is 0 Å². The molecular weight excluding hydrogens is 340 g/mol. The van der Waals surface area contributed by atoms with Crippen LogP contribution in [0, 0.1) is 6.57 Å². The van der Waals surface area contributed by atoms with Crippen LogP contribution in [0.4, 0.5) is 16.2 Å². The Morgan fingerprint density at radius 1 is 1.00 bits per heavy atom. The molecule has 2 aromatic carbocycles. The van der Waals surface area contributed by atoms with Crippen molar-refractivity contribution >= 4 is 27.3 Å². The number of sulfone groups is 1. The van der Waals surface area contributed by atoms with E-state index in [1.54, 1.807) is 20.8 Å². The van der Waals surface area contributed by atoms with Gasteiger partial charge in [0, 0.05) is 5.69 Å². The standard InChI is InChI=1S/C18H18N2O4S/c1-18(2,3)24-17(21)20-14-7-11-16(12-8-14)25(22,23)15-9-5-13(19-4)6-10-15/h5-12H,1-3H3,(H,20,21). The second kappa shape index (κ2) is 6.95. The first kappa shape index (κ1) is 18.5. The third-order valence-corrected chi connectivity index (χ3v) is 4.87. The Labute approximate surface area is 147 Å². The topological polar surface area (TPSA) is 76.8 Å². The fourth-order valence-corrected chi connectivity index (χ4v) is 3.24. The number of carbonyl (C=O) groups is 1. The number of benzene rings is 2. The monoisotopic (exact) mass is 358 g/mol. The highest BCUT2D eigenvalue weighted by molar-refractivity contribution is 7.91. The molecule has 0 unspecified atom stereocenters. The molecule has 0 aliphatic carbocycles. The van der Waals surface area contributed by atoms with E-state index in [1.807, 2.05) is 0 Å². The maximum absolute atomic E-state index is 12.6. The van der Waals surface area contributed by atoms with Gasteiger partial charge in [0.2, 0.25) is 9.84 Å². The third-order valence-electron chi connectivity index (χ3n) is 3.09. The smallest absolute Gasteiger partial charge is 0.412 e. The largest absolute Gasteiger partial charge is 0.444 e. The molecule has 0 heterocycles. The van der Waals surface area contributed by atoms with E-state index in [1.165, 1.54) is 48.5 Å². The molecule has 0 saturated heterocycles. The molecule has 0 aromatic heterocycles. The van der Waals surface area contributed by atoms with Crippen LogP contribution >= 0.6 is 0 Å². The fourth-order valence-electron chi connectivity index (χ4n) is 1.97. The van der Waals surface area contributed by atoms with Gasteiger partial charge in [0.15, 0.2) is 5.69 Å². The van der Waals surface area contributed by atoms with Crippen molar-refractivity contribution in [2.75, 3.05) is 5.32 Å². The summed E-state index contributed by atoms with van der Waals surface area (Å²) in [6, 6.07) is 11.5. The van der Waals surface area contributed by atoms with E-state index in [2.05, 4.69) is 10.2 Å². The van der Waals surface area contributed by atoms with Gasteiger partial charge in [-0.1, -0.05) is 24.3 Å². The Bertz CT molecular complexity index is 904. The molecule has 0 fully saturated rings. The lowest BCUT2D eigenvalue weighted by atomic mass is 10.2. The Kier molecular flexibility index (Phi) is 5.14. The van der Waals surface area contributed by atoms with E-state index in [4.69, 9.17) is 11.3 Å². The Morgan fingerprint density at radius 3 is 1.92 bits per heavy atom. The summed E-state index contributed by atoms with van der Waals surface area (Å²) in [4.78, 5) is 15.1. The first-order valence-corrected chi connectivity index (χ1v) is 8.93. The molecular formula is C18H18N2O4S. The molecule has 0 radical (unpaired) electrons. The van der Waals surface area contributed by atoms with Crippen LogP contribution in [0.15, 0.2) is 58.3 Å². The summed E-state index contributed by atoms with van der Waals surface area (Å²) >= 11 is 0. The van der Waals surface area contributed by atoms with Gasteiger partial charge in [0.05, 0.1) is 16.4 Å². The number of amides is 1. The lowest BCUT2D eigenvalue weighted by Crippen LogP contribution is -2.27. The number of rotatable bonds is 3. The van der Waals surface area contributed by atoms with E-state index in [9.17, 15) is 13.2 Å². The van der Waals surface area contributed by atoms with Crippen LogP contribution in [0.2, 0.25) is 0 Å². The first-order valence-electron chi connectivity index (χ1n) is 7.44. The molecule has 0 saturated carbocycles. The van der Waals surface area contributed by atoms with Gasteiger partial charge < -0.3 is 4.74 Å². The van der Waals surface area contributed by atoms with Gasteiger partial charge >= 0.3 is 6.09 Å². The van der Waals surface area contributed by atoms with E-state index in [-0.39, 0.29) is 9.79 Å². The van der Waals surface area contributed by atoms with Gasteiger partial charge in [0.25, 0.3) is 0 Å². The van der Waals surface area contributed by atoms with E-state index in [0.717, 1.165) is 0 Å².